The first-order valence-corrected chi connectivity index (χ1v) is 7.84. The summed E-state index contributed by atoms with van der Waals surface area (Å²) in [5, 5.41) is 2.70. The molecular weight excluding hydrogens is 342 g/mol. The highest BCUT2D eigenvalue weighted by atomic mass is 35.5. The van der Waals surface area contributed by atoms with Gasteiger partial charge in [0.2, 0.25) is 11.7 Å². The number of halogens is 1. The van der Waals surface area contributed by atoms with Crippen molar-refractivity contribution in [3.05, 3.63) is 76.4 Å². The second kappa shape index (κ2) is 8.80. The SMILES string of the molecule is CC(=O)NC(=Cc1ccccc1)C(=O)OCC(=O)c1ccccc1Cl. The van der Waals surface area contributed by atoms with Gasteiger partial charge in [0, 0.05) is 12.5 Å². The van der Waals surface area contributed by atoms with Crippen molar-refractivity contribution < 1.29 is 19.1 Å². The normalized spacial score (nSPS) is 10.9. The van der Waals surface area contributed by atoms with Gasteiger partial charge in [0.25, 0.3) is 0 Å². The van der Waals surface area contributed by atoms with Gasteiger partial charge < -0.3 is 10.1 Å². The fourth-order valence-corrected chi connectivity index (χ4v) is 2.27. The summed E-state index contributed by atoms with van der Waals surface area (Å²) in [5.74, 6) is -1.66. The van der Waals surface area contributed by atoms with Gasteiger partial charge >= 0.3 is 5.97 Å². The van der Waals surface area contributed by atoms with Crippen molar-refractivity contribution in [3.63, 3.8) is 0 Å². The van der Waals surface area contributed by atoms with E-state index in [0.717, 1.165) is 0 Å². The van der Waals surface area contributed by atoms with Crippen molar-refractivity contribution in [2.45, 2.75) is 6.92 Å². The molecule has 2 aromatic rings. The number of esters is 1. The maximum atomic E-state index is 12.2. The molecule has 0 atom stereocenters. The second-order valence-corrected chi connectivity index (χ2v) is 5.54. The van der Waals surface area contributed by atoms with E-state index in [1.54, 1.807) is 48.5 Å². The number of Topliss-reactive ketones (excluding diaryl/α,β-unsaturated/α-hetero) is 1. The molecule has 25 heavy (non-hydrogen) atoms. The molecule has 2 aromatic carbocycles. The lowest BCUT2D eigenvalue weighted by atomic mass is 10.1. The van der Waals surface area contributed by atoms with Gasteiger partial charge in [0.05, 0.1) is 5.02 Å². The third-order valence-electron chi connectivity index (χ3n) is 3.15. The molecule has 1 amide bonds. The van der Waals surface area contributed by atoms with E-state index in [2.05, 4.69) is 5.32 Å². The molecule has 0 radical (unpaired) electrons. The molecule has 0 saturated heterocycles. The summed E-state index contributed by atoms with van der Waals surface area (Å²) in [7, 11) is 0. The van der Waals surface area contributed by atoms with E-state index >= 15 is 0 Å². The molecule has 6 heteroatoms. The van der Waals surface area contributed by atoms with Crippen LogP contribution in [0.1, 0.15) is 22.8 Å². The first-order chi connectivity index (χ1) is 12.0. The Morgan fingerprint density at radius 2 is 1.68 bits per heavy atom. The molecule has 0 fully saturated rings. The van der Waals surface area contributed by atoms with Crippen LogP contribution in [0.25, 0.3) is 6.08 Å². The van der Waals surface area contributed by atoms with Gasteiger partial charge in [0.15, 0.2) is 6.61 Å². The van der Waals surface area contributed by atoms with Gasteiger partial charge in [-0.3, -0.25) is 9.59 Å². The fraction of sp³-hybridized carbons (Fsp3) is 0.105. The molecule has 0 aliphatic heterocycles. The van der Waals surface area contributed by atoms with Crippen LogP contribution in [0, 0.1) is 0 Å². The monoisotopic (exact) mass is 357 g/mol. The highest BCUT2D eigenvalue weighted by Crippen LogP contribution is 2.15. The molecular formula is C19H16ClNO4. The Kier molecular flexibility index (Phi) is 6.48. The number of ether oxygens (including phenoxy) is 1. The van der Waals surface area contributed by atoms with Gasteiger partial charge in [-0.05, 0) is 23.8 Å². The summed E-state index contributed by atoms with van der Waals surface area (Å²) < 4.78 is 5.02. The number of benzene rings is 2. The van der Waals surface area contributed by atoms with Crippen molar-refractivity contribution in [1.82, 2.24) is 5.32 Å². The Bertz CT molecular complexity index is 815. The summed E-state index contributed by atoms with van der Waals surface area (Å²) in [6, 6.07) is 15.4. The van der Waals surface area contributed by atoms with E-state index in [4.69, 9.17) is 16.3 Å². The standard InChI is InChI=1S/C19H16ClNO4/c1-13(22)21-17(11-14-7-3-2-4-8-14)19(24)25-12-18(23)15-9-5-6-10-16(15)20/h2-11H,12H2,1H3,(H,21,22). The molecule has 0 saturated carbocycles. The number of hydrogen-bond acceptors (Lipinski definition) is 4. The molecule has 0 bridgehead atoms. The summed E-state index contributed by atoms with van der Waals surface area (Å²) >= 11 is 5.94. The number of rotatable bonds is 6. The van der Waals surface area contributed by atoms with Crippen LogP contribution in [0.3, 0.4) is 0 Å². The van der Waals surface area contributed by atoms with Crippen LogP contribution in [0.5, 0.6) is 0 Å². The number of carbonyl (C=O) groups excluding carboxylic acids is 3. The summed E-state index contributed by atoms with van der Waals surface area (Å²) in [4.78, 5) is 35.6. The smallest absolute Gasteiger partial charge is 0.355 e. The van der Waals surface area contributed by atoms with Crippen LogP contribution in [0.15, 0.2) is 60.3 Å². The van der Waals surface area contributed by atoms with Crippen molar-refractivity contribution in [3.8, 4) is 0 Å². The lowest BCUT2D eigenvalue weighted by molar-refractivity contribution is -0.139. The number of nitrogens with one attached hydrogen (secondary N) is 1. The molecule has 2 rings (SSSR count). The summed E-state index contributed by atoms with van der Waals surface area (Å²) in [5.41, 5.74) is 0.927. The number of hydrogen-bond donors (Lipinski definition) is 1. The largest absolute Gasteiger partial charge is 0.453 e. The maximum absolute atomic E-state index is 12.2. The van der Waals surface area contributed by atoms with Crippen molar-refractivity contribution >= 4 is 35.3 Å². The van der Waals surface area contributed by atoms with Gasteiger partial charge in [-0.1, -0.05) is 54.1 Å². The summed E-state index contributed by atoms with van der Waals surface area (Å²) in [6.45, 7) is 0.801. The van der Waals surface area contributed by atoms with Crippen LogP contribution in [-0.4, -0.2) is 24.3 Å². The van der Waals surface area contributed by atoms with Gasteiger partial charge in [-0.2, -0.15) is 0 Å². The average Bonchev–Trinajstić information content (AvgIpc) is 2.59. The van der Waals surface area contributed by atoms with Crippen LogP contribution < -0.4 is 5.32 Å². The van der Waals surface area contributed by atoms with E-state index in [1.165, 1.54) is 13.0 Å². The zero-order valence-corrected chi connectivity index (χ0v) is 14.2. The van der Waals surface area contributed by atoms with Crippen LogP contribution in [0.4, 0.5) is 0 Å². The van der Waals surface area contributed by atoms with E-state index in [1.807, 2.05) is 6.07 Å². The lowest BCUT2D eigenvalue weighted by Crippen LogP contribution is -2.27. The van der Waals surface area contributed by atoms with Crippen LogP contribution in [-0.2, 0) is 14.3 Å². The third kappa shape index (κ3) is 5.58. The molecule has 0 aliphatic carbocycles. The molecule has 0 aliphatic rings. The zero-order valence-electron chi connectivity index (χ0n) is 13.5. The van der Waals surface area contributed by atoms with E-state index < -0.39 is 24.3 Å². The van der Waals surface area contributed by atoms with Crippen LogP contribution in [0.2, 0.25) is 5.02 Å². The molecule has 1 N–H and O–H groups in total. The van der Waals surface area contributed by atoms with E-state index in [9.17, 15) is 14.4 Å². The number of ketones is 1. The van der Waals surface area contributed by atoms with Gasteiger partial charge in [-0.25, -0.2) is 4.79 Å². The first-order valence-electron chi connectivity index (χ1n) is 7.46. The molecule has 0 aromatic heterocycles. The Balaban J connectivity index is 2.10. The molecule has 128 valence electrons. The molecule has 5 nitrogen and oxygen atoms in total. The minimum absolute atomic E-state index is 0.0503. The Morgan fingerprint density at radius 1 is 1.04 bits per heavy atom. The molecule has 0 unspecified atom stereocenters. The molecule has 0 heterocycles. The highest BCUT2D eigenvalue weighted by Gasteiger charge is 2.16. The van der Waals surface area contributed by atoms with Gasteiger partial charge in [-0.15, -0.1) is 0 Å². The van der Waals surface area contributed by atoms with Crippen molar-refractivity contribution in [2.24, 2.45) is 0 Å². The van der Waals surface area contributed by atoms with Crippen molar-refractivity contribution in [1.29, 1.82) is 0 Å². The Morgan fingerprint density at radius 3 is 2.32 bits per heavy atom. The number of carbonyl (C=O) groups is 3. The van der Waals surface area contributed by atoms with Crippen molar-refractivity contribution in [2.75, 3.05) is 6.61 Å². The zero-order chi connectivity index (χ0) is 18.2. The second-order valence-electron chi connectivity index (χ2n) is 5.13. The minimum atomic E-state index is -0.806. The maximum Gasteiger partial charge on any atom is 0.355 e. The predicted octanol–water partition coefficient (Wildman–Crippen LogP) is 3.24. The van der Waals surface area contributed by atoms with E-state index in [-0.39, 0.29) is 16.3 Å². The Hall–Kier alpha value is -2.92. The topological polar surface area (TPSA) is 72.5 Å². The fourth-order valence-electron chi connectivity index (χ4n) is 2.03. The lowest BCUT2D eigenvalue weighted by Gasteiger charge is -2.09. The first kappa shape index (κ1) is 18.4. The average molecular weight is 358 g/mol. The summed E-state index contributed by atoms with van der Waals surface area (Å²) in [6.07, 6.45) is 1.48. The minimum Gasteiger partial charge on any atom is -0.453 e. The third-order valence-corrected chi connectivity index (χ3v) is 3.48. The predicted molar refractivity (Wildman–Crippen MR) is 95.0 cm³/mol. The quantitative estimate of drug-likeness (QED) is 0.489. The number of amides is 1. The van der Waals surface area contributed by atoms with E-state index in [0.29, 0.717) is 5.56 Å². The molecule has 0 spiro atoms. The van der Waals surface area contributed by atoms with Crippen LogP contribution >= 0.6 is 11.6 Å². The van der Waals surface area contributed by atoms with Gasteiger partial charge in [0.1, 0.15) is 5.70 Å². The highest BCUT2D eigenvalue weighted by molar-refractivity contribution is 6.34. The Labute approximate surface area is 150 Å².